The highest BCUT2D eigenvalue weighted by molar-refractivity contribution is 6.12. The number of ether oxygens (including phenoxy) is 3. The molecule has 0 N–H and O–H groups in total. The van der Waals surface area contributed by atoms with Crippen LogP contribution in [0.4, 0.5) is 4.39 Å². The lowest BCUT2D eigenvalue weighted by Crippen LogP contribution is -2.05. The molecule has 2 aromatic rings. The van der Waals surface area contributed by atoms with Gasteiger partial charge in [0.15, 0.2) is 17.2 Å². The van der Waals surface area contributed by atoms with E-state index in [1.165, 1.54) is 24.3 Å². The molecule has 0 fully saturated rings. The van der Waals surface area contributed by atoms with Crippen LogP contribution in [-0.4, -0.2) is 25.6 Å². The van der Waals surface area contributed by atoms with Crippen molar-refractivity contribution >= 4 is 17.9 Å². The highest BCUT2D eigenvalue weighted by Crippen LogP contribution is 2.30. The number of halogens is 1. The number of carbonyl (C=O) groups excluding carboxylic acids is 1. The third-order valence-corrected chi connectivity index (χ3v) is 3.96. The summed E-state index contributed by atoms with van der Waals surface area (Å²) in [7, 11) is 1.56. The van der Waals surface area contributed by atoms with E-state index in [2.05, 4.69) is 11.9 Å². The van der Waals surface area contributed by atoms with Crippen molar-refractivity contribution < 1.29 is 23.4 Å². The van der Waals surface area contributed by atoms with Crippen LogP contribution in [0.2, 0.25) is 0 Å². The molecule has 1 aliphatic heterocycles. The number of aliphatic imine (C=N–C) groups is 1. The number of rotatable bonds is 7. The lowest BCUT2D eigenvalue weighted by atomic mass is 10.1. The SMILES string of the molecule is CCCCOc1ccc(C=C2N=C(c3ccc(F)cc3)OC2=O)cc1OC. The Labute approximate surface area is 157 Å². The van der Waals surface area contributed by atoms with E-state index in [-0.39, 0.29) is 17.4 Å². The van der Waals surface area contributed by atoms with E-state index in [1.807, 2.05) is 6.07 Å². The first-order valence-electron chi connectivity index (χ1n) is 8.70. The van der Waals surface area contributed by atoms with E-state index >= 15 is 0 Å². The Kier molecular flexibility index (Phi) is 5.86. The molecule has 2 aromatic carbocycles. The molecule has 6 heteroatoms. The summed E-state index contributed by atoms with van der Waals surface area (Å²) >= 11 is 0. The van der Waals surface area contributed by atoms with Crippen LogP contribution in [-0.2, 0) is 9.53 Å². The van der Waals surface area contributed by atoms with Crippen molar-refractivity contribution in [2.45, 2.75) is 19.8 Å². The molecule has 140 valence electrons. The number of hydrogen-bond acceptors (Lipinski definition) is 5. The molecule has 3 rings (SSSR count). The summed E-state index contributed by atoms with van der Waals surface area (Å²) in [5.41, 5.74) is 1.42. The average Bonchev–Trinajstić information content (AvgIpc) is 3.04. The molecule has 0 amide bonds. The number of benzene rings is 2. The van der Waals surface area contributed by atoms with Gasteiger partial charge >= 0.3 is 5.97 Å². The zero-order valence-corrected chi connectivity index (χ0v) is 15.2. The Hall–Kier alpha value is -3.15. The molecule has 27 heavy (non-hydrogen) atoms. The molecular weight excluding hydrogens is 349 g/mol. The second-order valence-corrected chi connectivity index (χ2v) is 5.96. The van der Waals surface area contributed by atoms with Crippen LogP contribution in [0.25, 0.3) is 6.08 Å². The van der Waals surface area contributed by atoms with Gasteiger partial charge in [0.25, 0.3) is 0 Å². The zero-order chi connectivity index (χ0) is 19.2. The zero-order valence-electron chi connectivity index (χ0n) is 15.2. The van der Waals surface area contributed by atoms with Gasteiger partial charge in [-0.3, -0.25) is 0 Å². The normalized spacial score (nSPS) is 14.9. The smallest absolute Gasteiger partial charge is 0.363 e. The quantitative estimate of drug-likeness (QED) is 0.413. The summed E-state index contributed by atoms with van der Waals surface area (Å²) in [5, 5.41) is 0. The summed E-state index contributed by atoms with van der Waals surface area (Å²) in [6.45, 7) is 2.71. The second kappa shape index (κ2) is 8.49. The van der Waals surface area contributed by atoms with Crippen molar-refractivity contribution in [3.05, 3.63) is 65.1 Å². The maximum absolute atomic E-state index is 13.0. The number of esters is 1. The van der Waals surface area contributed by atoms with Gasteiger partial charge in [-0.2, -0.15) is 0 Å². The minimum Gasteiger partial charge on any atom is -0.493 e. The molecule has 0 spiro atoms. The molecule has 0 aliphatic carbocycles. The predicted octanol–water partition coefficient (Wildman–Crippen LogP) is 4.36. The molecule has 0 saturated carbocycles. The number of nitrogens with zero attached hydrogens (tertiary/aromatic N) is 1. The molecule has 0 bridgehead atoms. The van der Waals surface area contributed by atoms with Crippen LogP contribution in [0.5, 0.6) is 11.5 Å². The summed E-state index contributed by atoms with van der Waals surface area (Å²) in [5.74, 6) is 0.453. The van der Waals surface area contributed by atoms with Gasteiger partial charge in [0.1, 0.15) is 5.82 Å². The lowest BCUT2D eigenvalue weighted by Gasteiger charge is -2.10. The predicted molar refractivity (Wildman–Crippen MR) is 100 cm³/mol. The lowest BCUT2D eigenvalue weighted by molar-refractivity contribution is -0.129. The Morgan fingerprint density at radius 2 is 1.93 bits per heavy atom. The van der Waals surface area contributed by atoms with Crippen LogP contribution in [0.3, 0.4) is 0 Å². The number of hydrogen-bond donors (Lipinski definition) is 0. The van der Waals surface area contributed by atoms with Crippen molar-refractivity contribution in [1.82, 2.24) is 0 Å². The van der Waals surface area contributed by atoms with E-state index in [1.54, 1.807) is 25.3 Å². The highest BCUT2D eigenvalue weighted by Gasteiger charge is 2.24. The molecule has 0 atom stereocenters. The monoisotopic (exact) mass is 369 g/mol. The van der Waals surface area contributed by atoms with Gasteiger partial charge in [-0.25, -0.2) is 14.2 Å². The van der Waals surface area contributed by atoms with Gasteiger partial charge in [0.2, 0.25) is 5.90 Å². The molecule has 1 aliphatic rings. The fraction of sp³-hybridized carbons (Fsp3) is 0.238. The minimum atomic E-state index is -0.559. The topological polar surface area (TPSA) is 57.1 Å². The Balaban J connectivity index is 1.82. The summed E-state index contributed by atoms with van der Waals surface area (Å²) in [6, 6.07) is 11.0. The molecule has 0 radical (unpaired) electrons. The van der Waals surface area contributed by atoms with Crippen molar-refractivity contribution in [2.24, 2.45) is 4.99 Å². The molecule has 5 nitrogen and oxygen atoms in total. The van der Waals surface area contributed by atoms with Crippen LogP contribution in [0.1, 0.15) is 30.9 Å². The van der Waals surface area contributed by atoms with Crippen molar-refractivity contribution in [3.63, 3.8) is 0 Å². The van der Waals surface area contributed by atoms with E-state index < -0.39 is 5.97 Å². The van der Waals surface area contributed by atoms with E-state index in [4.69, 9.17) is 14.2 Å². The number of methoxy groups -OCH3 is 1. The third-order valence-electron chi connectivity index (χ3n) is 3.96. The standard InChI is InChI=1S/C21H20FNO4/c1-3-4-11-26-18-10-5-14(13-19(18)25-2)12-17-21(24)27-20(23-17)15-6-8-16(22)9-7-15/h5-10,12-13H,3-4,11H2,1-2H3. The fourth-order valence-corrected chi connectivity index (χ4v) is 2.50. The molecule has 0 aromatic heterocycles. The first-order valence-corrected chi connectivity index (χ1v) is 8.70. The van der Waals surface area contributed by atoms with Crippen LogP contribution in [0.15, 0.2) is 53.2 Å². The first kappa shape index (κ1) is 18.6. The second-order valence-electron chi connectivity index (χ2n) is 5.96. The molecule has 1 heterocycles. The van der Waals surface area contributed by atoms with Crippen LogP contribution < -0.4 is 9.47 Å². The van der Waals surface area contributed by atoms with Gasteiger partial charge in [0.05, 0.1) is 13.7 Å². The van der Waals surface area contributed by atoms with Gasteiger partial charge in [-0.15, -0.1) is 0 Å². The summed E-state index contributed by atoms with van der Waals surface area (Å²) < 4.78 is 29.3. The van der Waals surface area contributed by atoms with Gasteiger partial charge < -0.3 is 14.2 Å². The summed E-state index contributed by atoms with van der Waals surface area (Å²) in [6.07, 6.45) is 3.61. The van der Waals surface area contributed by atoms with Crippen molar-refractivity contribution in [1.29, 1.82) is 0 Å². The maximum Gasteiger partial charge on any atom is 0.363 e. The third kappa shape index (κ3) is 4.53. The number of unbranched alkanes of at least 4 members (excludes halogenated alkanes) is 1. The van der Waals surface area contributed by atoms with E-state index in [0.29, 0.717) is 23.7 Å². The molecular formula is C21H20FNO4. The Bertz CT molecular complexity index is 888. The van der Waals surface area contributed by atoms with Crippen LogP contribution >= 0.6 is 0 Å². The number of cyclic esters (lactones) is 1. The maximum atomic E-state index is 13.0. The van der Waals surface area contributed by atoms with Crippen LogP contribution in [0, 0.1) is 5.82 Å². The fourth-order valence-electron chi connectivity index (χ4n) is 2.50. The highest BCUT2D eigenvalue weighted by atomic mass is 19.1. The van der Waals surface area contributed by atoms with Gasteiger partial charge in [0, 0.05) is 5.56 Å². The number of carbonyl (C=O) groups is 1. The van der Waals surface area contributed by atoms with E-state index in [0.717, 1.165) is 18.4 Å². The van der Waals surface area contributed by atoms with Crippen molar-refractivity contribution in [3.8, 4) is 11.5 Å². The van der Waals surface area contributed by atoms with Gasteiger partial charge in [-0.05, 0) is 54.5 Å². The largest absolute Gasteiger partial charge is 0.493 e. The molecule has 0 unspecified atom stereocenters. The van der Waals surface area contributed by atoms with E-state index in [9.17, 15) is 9.18 Å². The Morgan fingerprint density at radius 1 is 1.15 bits per heavy atom. The Morgan fingerprint density at radius 3 is 2.63 bits per heavy atom. The summed E-state index contributed by atoms with van der Waals surface area (Å²) in [4.78, 5) is 16.3. The first-order chi connectivity index (χ1) is 13.1. The molecule has 0 saturated heterocycles. The van der Waals surface area contributed by atoms with Gasteiger partial charge in [-0.1, -0.05) is 19.4 Å². The van der Waals surface area contributed by atoms with Crippen molar-refractivity contribution in [2.75, 3.05) is 13.7 Å². The average molecular weight is 369 g/mol. The minimum absolute atomic E-state index is 0.151.